The fraction of sp³-hybridized carbons (Fsp3) is 0.480. The van der Waals surface area contributed by atoms with Gasteiger partial charge in [-0.25, -0.2) is 0 Å². The maximum absolute atomic E-state index is 7.09. The quantitative estimate of drug-likeness (QED) is 0.727. The van der Waals surface area contributed by atoms with Crippen LogP contribution in [0.1, 0.15) is 41.5 Å². The van der Waals surface area contributed by atoms with E-state index in [4.69, 9.17) is 13.9 Å². The van der Waals surface area contributed by atoms with Crippen LogP contribution in [0.5, 0.6) is 0 Å². The van der Waals surface area contributed by atoms with E-state index in [1.807, 2.05) is 20.8 Å². The van der Waals surface area contributed by atoms with Gasteiger partial charge in [0.15, 0.2) is 5.79 Å². The van der Waals surface area contributed by atoms with Crippen LogP contribution < -0.4 is 15.8 Å². The molecular formula is C25H34N2O3Si. The fourth-order valence-corrected chi connectivity index (χ4v) is 9.42. The summed E-state index contributed by atoms with van der Waals surface area (Å²) in [7, 11) is -2.61. The van der Waals surface area contributed by atoms with Crippen molar-refractivity contribution in [2.24, 2.45) is 5.10 Å². The van der Waals surface area contributed by atoms with Gasteiger partial charge < -0.3 is 19.3 Å². The van der Waals surface area contributed by atoms with Gasteiger partial charge in [-0.1, -0.05) is 81.4 Å². The van der Waals surface area contributed by atoms with E-state index >= 15 is 0 Å². The molecule has 1 N–H and O–H groups in total. The number of hydrazone groups is 1. The summed E-state index contributed by atoms with van der Waals surface area (Å²) in [5.74, 6) is -0.631. The van der Waals surface area contributed by atoms with E-state index in [0.717, 1.165) is 5.71 Å². The third kappa shape index (κ3) is 4.10. The maximum Gasteiger partial charge on any atom is 0.261 e. The van der Waals surface area contributed by atoms with E-state index in [-0.39, 0.29) is 23.3 Å². The summed E-state index contributed by atoms with van der Waals surface area (Å²) >= 11 is 0. The van der Waals surface area contributed by atoms with Crippen LogP contribution in [-0.4, -0.2) is 44.7 Å². The largest absolute Gasteiger partial charge is 0.405 e. The van der Waals surface area contributed by atoms with Crippen molar-refractivity contribution in [2.75, 3.05) is 6.61 Å². The number of nitrogens with zero attached hydrogens (tertiary/aromatic N) is 1. The van der Waals surface area contributed by atoms with Crippen molar-refractivity contribution in [2.45, 2.75) is 70.6 Å². The van der Waals surface area contributed by atoms with E-state index in [1.54, 1.807) is 0 Å². The Bertz CT molecular complexity index is 885. The number of benzene rings is 2. The van der Waals surface area contributed by atoms with E-state index in [1.165, 1.54) is 10.4 Å². The Morgan fingerprint density at radius 1 is 0.968 bits per heavy atom. The van der Waals surface area contributed by atoms with Gasteiger partial charge in [0.2, 0.25) is 0 Å². The Kier molecular flexibility index (Phi) is 5.85. The third-order valence-electron chi connectivity index (χ3n) is 6.24. The molecule has 31 heavy (non-hydrogen) atoms. The molecular weight excluding hydrogens is 404 g/mol. The lowest BCUT2D eigenvalue weighted by molar-refractivity contribution is -0.144. The van der Waals surface area contributed by atoms with E-state index in [9.17, 15) is 0 Å². The Morgan fingerprint density at radius 2 is 1.52 bits per heavy atom. The van der Waals surface area contributed by atoms with Gasteiger partial charge >= 0.3 is 0 Å². The molecule has 3 atom stereocenters. The number of hydrogen-bond acceptors (Lipinski definition) is 5. The Morgan fingerprint density at radius 3 is 2.03 bits per heavy atom. The second-order valence-electron chi connectivity index (χ2n) is 9.98. The zero-order valence-corrected chi connectivity index (χ0v) is 20.4. The third-order valence-corrected chi connectivity index (χ3v) is 11.2. The standard InChI is InChI=1S/C25H34N2O3Si/c1-18-22-23(30-25(5,6)29-22)21(27-26-18)17-28-31(24(2,3)4,19-13-9-7-10-14-19)20-15-11-8-12-16-20/h7-16,21-23,27H,17H2,1-6H3/t21-,22+,23-/m0/s1. The molecule has 5 nitrogen and oxygen atoms in total. The van der Waals surface area contributed by atoms with Crippen LogP contribution in [0.2, 0.25) is 5.04 Å². The summed E-state index contributed by atoms with van der Waals surface area (Å²) in [6.07, 6.45) is -0.283. The molecule has 1 fully saturated rings. The Balaban J connectivity index is 1.71. The summed E-state index contributed by atoms with van der Waals surface area (Å²) in [6.45, 7) is 13.3. The fourth-order valence-electron chi connectivity index (χ4n) is 4.84. The van der Waals surface area contributed by atoms with Gasteiger partial charge in [-0.15, -0.1) is 0 Å². The zero-order valence-electron chi connectivity index (χ0n) is 19.4. The lowest BCUT2D eigenvalue weighted by atomic mass is 10.0. The van der Waals surface area contributed by atoms with Crippen molar-refractivity contribution in [3.8, 4) is 0 Å². The average molecular weight is 439 g/mol. The molecule has 0 aliphatic carbocycles. The highest BCUT2D eigenvalue weighted by atomic mass is 28.4. The van der Waals surface area contributed by atoms with E-state index < -0.39 is 14.1 Å². The maximum atomic E-state index is 7.09. The van der Waals surface area contributed by atoms with Crippen molar-refractivity contribution in [1.82, 2.24) is 5.43 Å². The number of rotatable bonds is 5. The van der Waals surface area contributed by atoms with Crippen LogP contribution in [0.25, 0.3) is 0 Å². The molecule has 2 heterocycles. The first-order valence-electron chi connectivity index (χ1n) is 11.0. The van der Waals surface area contributed by atoms with Gasteiger partial charge in [0.1, 0.15) is 12.2 Å². The highest BCUT2D eigenvalue weighted by molar-refractivity contribution is 6.99. The molecule has 166 valence electrons. The number of hydrogen-bond donors (Lipinski definition) is 1. The number of ether oxygens (including phenoxy) is 2. The second kappa shape index (κ2) is 8.17. The summed E-state index contributed by atoms with van der Waals surface area (Å²) in [6, 6.07) is 21.3. The van der Waals surface area contributed by atoms with Gasteiger partial charge in [-0.2, -0.15) is 5.10 Å². The van der Waals surface area contributed by atoms with Crippen molar-refractivity contribution in [1.29, 1.82) is 0 Å². The summed E-state index contributed by atoms with van der Waals surface area (Å²) in [4.78, 5) is 0. The molecule has 1 saturated heterocycles. The normalized spacial score (nSPS) is 25.5. The SMILES string of the molecule is CC1=NN[C@@H](CO[Si](c2ccccc2)(c2ccccc2)C(C)(C)C)[C@@H]2OC(C)(C)O[C@H]12. The predicted molar refractivity (Wildman–Crippen MR) is 127 cm³/mol. The van der Waals surface area contributed by atoms with Crippen LogP contribution in [0, 0.1) is 0 Å². The molecule has 0 aromatic heterocycles. The molecule has 4 rings (SSSR count). The van der Waals surface area contributed by atoms with Crippen molar-refractivity contribution in [3.63, 3.8) is 0 Å². The molecule has 0 amide bonds. The highest BCUT2D eigenvalue weighted by Crippen LogP contribution is 2.38. The highest BCUT2D eigenvalue weighted by Gasteiger charge is 2.53. The molecule has 6 heteroatoms. The van der Waals surface area contributed by atoms with Gasteiger partial charge in [0, 0.05) is 0 Å². The minimum absolute atomic E-state index is 0.0741. The first-order valence-corrected chi connectivity index (χ1v) is 13.0. The van der Waals surface area contributed by atoms with Gasteiger partial charge in [0.25, 0.3) is 8.32 Å². The molecule has 2 aromatic rings. The van der Waals surface area contributed by atoms with Gasteiger partial charge in [-0.3, -0.25) is 0 Å². The smallest absolute Gasteiger partial charge is 0.261 e. The van der Waals surface area contributed by atoms with Gasteiger partial charge in [0.05, 0.1) is 18.4 Å². The monoisotopic (exact) mass is 438 g/mol. The van der Waals surface area contributed by atoms with Crippen molar-refractivity contribution >= 4 is 24.4 Å². The molecule has 2 aromatic carbocycles. The topological polar surface area (TPSA) is 52.1 Å². The second-order valence-corrected chi connectivity index (χ2v) is 14.3. The minimum Gasteiger partial charge on any atom is -0.405 e. The Labute approximate surface area is 186 Å². The van der Waals surface area contributed by atoms with E-state index in [0.29, 0.717) is 6.61 Å². The van der Waals surface area contributed by atoms with Crippen molar-refractivity contribution in [3.05, 3.63) is 60.7 Å². The minimum atomic E-state index is -2.61. The molecule has 0 bridgehead atoms. The molecule has 2 aliphatic heterocycles. The van der Waals surface area contributed by atoms with Crippen molar-refractivity contribution < 1.29 is 13.9 Å². The first kappa shape index (κ1) is 22.2. The molecule has 0 radical (unpaired) electrons. The van der Waals surface area contributed by atoms with Gasteiger partial charge in [-0.05, 0) is 36.2 Å². The van der Waals surface area contributed by atoms with Crippen LogP contribution in [0.4, 0.5) is 0 Å². The average Bonchev–Trinajstić information content (AvgIpc) is 3.07. The predicted octanol–water partition coefficient (Wildman–Crippen LogP) is 3.43. The molecule has 2 aliphatic rings. The number of nitrogens with one attached hydrogen (secondary N) is 1. The molecule has 0 spiro atoms. The molecule has 0 saturated carbocycles. The van der Waals surface area contributed by atoms with E-state index in [2.05, 4.69) is 92.0 Å². The molecule has 0 unspecified atom stereocenters. The van der Waals surface area contributed by atoms with Crippen LogP contribution in [0.3, 0.4) is 0 Å². The summed E-state index contributed by atoms with van der Waals surface area (Å²) < 4.78 is 19.5. The van der Waals surface area contributed by atoms with Crippen LogP contribution in [0.15, 0.2) is 65.8 Å². The summed E-state index contributed by atoms with van der Waals surface area (Å²) in [5.41, 5.74) is 4.20. The summed E-state index contributed by atoms with van der Waals surface area (Å²) in [5, 5.41) is 6.99. The lowest BCUT2D eigenvalue weighted by Crippen LogP contribution is -2.68. The number of fused-ring (bicyclic) bond motifs is 1. The Hall–Kier alpha value is -1.99. The van der Waals surface area contributed by atoms with Crippen LogP contribution >= 0.6 is 0 Å². The first-order chi connectivity index (χ1) is 14.6. The van der Waals surface area contributed by atoms with Crippen LogP contribution in [-0.2, 0) is 13.9 Å². The lowest BCUT2D eigenvalue weighted by Gasteiger charge is -2.44. The zero-order chi connectivity index (χ0) is 22.3.